The normalized spacial score (nSPS) is 11.2. The quantitative estimate of drug-likeness (QED) is 0.116. The molecular weight excluding hydrogens is 495 g/mol. The molecule has 30 heavy (non-hydrogen) atoms. The van der Waals surface area contributed by atoms with Crippen molar-refractivity contribution in [3.05, 3.63) is 70.0 Å². The molecule has 0 aliphatic rings. The van der Waals surface area contributed by atoms with Crippen LogP contribution in [0.15, 0.2) is 53.5 Å². The summed E-state index contributed by atoms with van der Waals surface area (Å²) in [6.45, 7) is 6.92. The van der Waals surface area contributed by atoms with E-state index in [4.69, 9.17) is 0 Å². The van der Waals surface area contributed by atoms with Crippen molar-refractivity contribution in [2.45, 2.75) is 33.4 Å². The predicted molar refractivity (Wildman–Crippen MR) is 130 cm³/mol. The van der Waals surface area contributed by atoms with Gasteiger partial charge in [-0.05, 0) is 38.0 Å². The molecule has 0 saturated heterocycles. The molecule has 0 atom stereocenters. The van der Waals surface area contributed by atoms with Crippen LogP contribution in [-0.2, 0) is 13.1 Å². The number of fused-ring (bicyclic) bond motifs is 1. The number of aliphatic imine (C=N–C) groups is 1. The average Bonchev–Trinajstić information content (AvgIpc) is 3.04. The molecular formula is C21H27IN6O2. The highest BCUT2D eigenvalue weighted by Gasteiger charge is 2.07. The fourth-order valence-electron chi connectivity index (χ4n) is 3.16. The fourth-order valence-corrected chi connectivity index (χ4v) is 3.16. The third kappa shape index (κ3) is 6.15. The van der Waals surface area contributed by atoms with Crippen LogP contribution in [0.1, 0.15) is 24.7 Å². The molecule has 160 valence electrons. The van der Waals surface area contributed by atoms with Crippen LogP contribution in [0.4, 0.5) is 5.69 Å². The van der Waals surface area contributed by atoms with Gasteiger partial charge in [0.15, 0.2) is 5.96 Å². The molecule has 0 fully saturated rings. The number of aryl methyl sites for hydroxylation is 2. The van der Waals surface area contributed by atoms with Gasteiger partial charge < -0.3 is 15.2 Å². The lowest BCUT2D eigenvalue weighted by molar-refractivity contribution is -0.384. The number of guanidine groups is 1. The number of nitro groups is 1. The highest BCUT2D eigenvalue weighted by atomic mass is 127. The summed E-state index contributed by atoms with van der Waals surface area (Å²) in [6.07, 6.45) is 0.934. The van der Waals surface area contributed by atoms with Crippen LogP contribution < -0.4 is 10.6 Å². The van der Waals surface area contributed by atoms with Gasteiger partial charge in [0.05, 0.1) is 22.5 Å². The Bertz CT molecular complexity index is 1000. The lowest BCUT2D eigenvalue weighted by Gasteiger charge is -2.12. The Kier molecular flexibility index (Phi) is 9.03. The first-order chi connectivity index (χ1) is 14.1. The number of hydrogen-bond acceptors (Lipinski definition) is 4. The molecule has 0 aliphatic carbocycles. The number of halogens is 1. The monoisotopic (exact) mass is 522 g/mol. The predicted octanol–water partition coefficient (Wildman–Crippen LogP) is 4.02. The largest absolute Gasteiger partial charge is 0.357 e. The number of imidazole rings is 1. The van der Waals surface area contributed by atoms with Gasteiger partial charge in [-0.15, -0.1) is 24.0 Å². The zero-order chi connectivity index (χ0) is 20.6. The number of non-ortho nitro benzene ring substituents is 1. The number of aromatic nitrogens is 2. The van der Waals surface area contributed by atoms with Crippen LogP contribution in [0.2, 0.25) is 0 Å². The van der Waals surface area contributed by atoms with Crippen molar-refractivity contribution in [3.8, 4) is 0 Å². The number of nitrogens with one attached hydrogen (secondary N) is 2. The van der Waals surface area contributed by atoms with Gasteiger partial charge in [-0.3, -0.25) is 10.1 Å². The topological polar surface area (TPSA) is 97.4 Å². The second-order valence-electron chi connectivity index (χ2n) is 6.70. The van der Waals surface area contributed by atoms with E-state index < -0.39 is 4.92 Å². The van der Waals surface area contributed by atoms with E-state index in [1.807, 2.05) is 32.0 Å². The first-order valence-electron chi connectivity index (χ1n) is 9.76. The summed E-state index contributed by atoms with van der Waals surface area (Å²) < 4.78 is 2.23. The van der Waals surface area contributed by atoms with E-state index in [2.05, 4.69) is 31.2 Å². The number of rotatable bonds is 8. The SMILES string of the molecule is CCNC(=NCc1ccc([N+](=O)[O-])cc1)NCCCn1c(C)nc2ccccc21.I. The smallest absolute Gasteiger partial charge is 0.269 e. The Morgan fingerprint density at radius 1 is 1.17 bits per heavy atom. The van der Waals surface area contributed by atoms with Crippen molar-refractivity contribution in [1.82, 2.24) is 20.2 Å². The molecule has 2 N–H and O–H groups in total. The van der Waals surface area contributed by atoms with Crippen molar-refractivity contribution in [1.29, 1.82) is 0 Å². The molecule has 3 aromatic rings. The lowest BCUT2D eigenvalue weighted by Crippen LogP contribution is -2.38. The summed E-state index contributed by atoms with van der Waals surface area (Å²) in [5.41, 5.74) is 3.19. The summed E-state index contributed by atoms with van der Waals surface area (Å²) in [5.74, 6) is 1.75. The molecule has 2 aromatic carbocycles. The van der Waals surface area contributed by atoms with Crippen LogP contribution in [0.25, 0.3) is 11.0 Å². The first kappa shape index (κ1) is 23.6. The summed E-state index contributed by atoms with van der Waals surface area (Å²) >= 11 is 0. The summed E-state index contributed by atoms with van der Waals surface area (Å²) in [7, 11) is 0. The van der Waals surface area contributed by atoms with Gasteiger partial charge >= 0.3 is 0 Å². The number of para-hydroxylation sites is 2. The van der Waals surface area contributed by atoms with Crippen molar-refractivity contribution >= 4 is 46.7 Å². The molecule has 0 spiro atoms. The van der Waals surface area contributed by atoms with Crippen molar-refractivity contribution < 1.29 is 4.92 Å². The van der Waals surface area contributed by atoms with Gasteiger partial charge in [0.25, 0.3) is 5.69 Å². The Balaban J connectivity index is 0.00000320. The Morgan fingerprint density at radius 2 is 1.90 bits per heavy atom. The maximum Gasteiger partial charge on any atom is 0.269 e. The van der Waals surface area contributed by atoms with E-state index >= 15 is 0 Å². The lowest BCUT2D eigenvalue weighted by atomic mass is 10.2. The standard InChI is InChI=1S/C21H26N6O2.HI/c1-3-22-21(24-15-17-9-11-18(12-10-17)27(28)29)23-13-6-14-26-16(2)25-19-7-4-5-8-20(19)26;/h4-5,7-12H,3,6,13-15H2,1-2H3,(H2,22,23,24);1H. The first-order valence-corrected chi connectivity index (χ1v) is 9.76. The summed E-state index contributed by atoms with van der Waals surface area (Å²) in [6, 6.07) is 14.6. The third-order valence-corrected chi connectivity index (χ3v) is 4.61. The zero-order valence-electron chi connectivity index (χ0n) is 17.2. The molecule has 9 heteroatoms. The minimum Gasteiger partial charge on any atom is -0.357 e. The van der Waals surface area contributed by atoms with Crippen molar-refractivity contribution in [2.24, 2.45) is 4.99 Å². The minimum atomic E-state index is -0.399. The van der Waals surface area contributed by atoms with Crippen molar-refractivity contribution in [2.75, 3.05) is 13.1 Å². The molecule has 0 saturated carbocycles. The highest BCUT2D eigenvalue weighted by Crippen LogP contribution is 2.15. The molecule has 0 radical (unpaired) electrons. The number of benzene rings is 2. The van der Waals surface area contributed by atoms with Crippen LogP contribution in [0.3, 0.4) is 0 Å². The summed E-state index contributed by atoms with van der Waals surface area (Å²) in [5, 5.41) is 17.3. The van der Waals surface area contributed by atoms with E-state index in [9.17, 15) is 10.1 Å². The molecule has 0 unspecified atom stereocenters. The Labute approximate surface area is 193 Å². The number of hydrogen-bond donors (Lipinski definition) is 2. The van der Waals surface area contributed by atoms with Crippen LogP contribution >= 0.6 is 24.0 Å². The van der Waals surface area contributed by atoms with Gasteiger partial charge in [0, 0.05) is 31.8 Å². The van der Waals surface area contributed by atoms with E-state index in [0.717, 1.165) is 54.4 Å². The third-order valence-electron chi connectivity index (χ3n) is 4.61. The molecule has 0 bridgehead atoms. The van der Waals surface area contributed by atoms with E-state index in [-0.39, 0.29) is 29.7 Å². The number of nitro benzene ring substituents is 1. The van der Waals surface area contributed by atoms with Gasteiger partial charge in [-0.1, -0.05) is 24.3 Å². The second-order valence-corrected chi connectivity index (χ2v) is 6.70. The maximum atomic E-state index is 10.7. The molecule has 0 amide bonds. The second kappa shape index (κ2) is 11.5. The molecule has 3 rings (SSSR count). The summed E-state index contributed by atoms with van der Waals surface area (Å²) in [4.78, 5) is 19.5. The molecule has 1 aromatic heterocycles. The average molecular weight is 522 g/mol. The van der Waals surface area contributed by atoms with Crippen LogP contribution in [0.5, 0.6) is 0 Å². The van der Waals surface area contributed by atoms with Gasteiger partial charge in [0.2, 0.25) is 0 Å². The number of nitrogens with zero attached hydrogens (tertiary/aromatic N) is 4. The van der Waals surface area contributed by atoms with Gasteiger partial charge in [-0.25, -0.2) is 9.98 Å². The minimum absolute atomic E-state index is 0. The van der Waals surface area contributed by atoms with E-state index in [0.29, 0.717) is 6.54 Å². The molecule has 1 heterocycles. The van der Waals surface area contributed by atoms with E-state index in [1.165, 1.54) is 12.1 Å². The molecule has 0 aliphatic heterocycles. The van der Waals surface area contributed by atoms with Crippen LogP contribution in [0, 0.1) is 17.0 Å². The Morgan fingerprint density at radius 3 is 2.60 bits per heavy atom. The highest BCUT2D eigenvalue weighted by molar-refractivity contribution is 14.0. The molecule has 8 nitrogen and oxygen atoms in total. The zero-order valence-corrected chi connectivity index (χ0v) is 19.5. The fraction of sp³-hybridized carbons (Fsp3) is 0.333. The van der Waals surface area contributed by atoms with Crippen LogP contribution in [-0.4, -0.2) is 33.5 Å². The van der Waals surface area contributed by atoms with Gasteiger partial charge in [-0.2, -0.15) is 0 Å². The van der Waals surface area contributed by atoms with Crippen molar-refractivity contribution in [3.63, 3.8) is 0 Å². The van der Waals surface area contributed by atoms with Gasteiger partial charge in [0.1, 0.15) is 5.82 Å². The maximum absolute atomic E-state index is 10.7. The Hall–Kier alpha value is -2.69. The van der Waals surface area contributed by atoms with E-state index in [1.54, 1.807) is 12.1 Å².